The molecule has 2 atom stereocenters. The number of hydrogen-bond acceptors (Lipinski definition) is 3. The van der Waals surface area contributed by atoms with Crippen LogP contribution in [0.1, 0.15) is 59.2 Å². The molecule has 0 radical (unpaired) electrons. The van der Waals surface area contributed by atoms with Gasteiger partial charge in [0.2, 0.25) is 5.91 Å². The van der Waals surface area contributed by atoms with E-state index in [4.69, 9.17) is 0 Å². The zero-order valence-corrected chi connectivity index (χ0v) is 14.4. The smallest absolute Gasteiger partial charge is 0.261 e. The lowest BCUT2D eigenvalue weighted by Gasteiger charge is -2.41. The molecule has 0 aromatic heterocycles. The van der Waals surface area contributed by atoms with E-state index in [-0.39, 0.29) is 30.7 Å². The number of rotatable bonds is 3. The van der Waals surface area contributed by atoms with Crippen molar-refractivity contribution in [2.75, 3.05) is 19.6 Å². The van der Waals surface area contributed by atoms with Crippen molar-refractivity contribution in [3.05, 3.63) is 35.4 Å². The van der Waals surface area contributed by atoms with E-state index in [2.05, 4.69) is 0 Å². The van der Waals surface area contributed by atoms with E-state index in [9.17, 15) is 14.4 Å². The third-order valence-electron chi connectivity index (χ3n) is 6.07. The summed E-state index contributed by atoms with van der Waals surface area (Å²) >= 11 is 0. The van der Waals surface area contributed by atoms with Crippen LogP contribution < -0.4 is 0 Å². The number of likely N-dealkylation sites (tertiary alicyclic amines) is 1. The quantitative estimate of drug-likeness (QED) is 0.795. The molecule has 0 spiro atoms. The minimum Gasteiger partial charge on any atom is -0.342 e. The summed E-state index contributed by atoms with van der Waals surface area (Å²) in [5.41, 5.74) is 0.894. The summed E-state index contributed by atoms with van der Waals surface area (Å²) < 4.78 is 0. The van der Waals surface area contributed by atoms with Crippen molar-refractivity contribution in [2.24, 2.45) is 11.8 Å². The van der Waals surface area contributed by atoms with Crippen LogP contribution in [0.3, 0.4) is 0 Å². The summed E-state index contributed by atoms with van der Waals surface area (Å²) in [6.45, 7) is 1.85. The fraction of sp³-hybridized carbons (Fsp3) is 0.550. The van der Waals surface area contributed by atoms with Crippen LogP contribution in [-0.4, -0.2) is 47.2 Å². The fourth-order valence-corrected chi connectivity index (χ4v) is 4.64. The number of piperidine rings is 1. The molecule has 0 N–H and O–H groups in total. The third-order valence-corrected chi connectivity index (χ3v) is 6.07. The van der Waals surface area contributed by atoms with Gasteiger partial charge in [-0.15, -0.1) is 0 Å². The van der Waals surface area contributed by atoms with Gasteiger partial charge in [0.15, 0.2) is 0 Å². The minimum atomic E-state index is -0.278. The van der Waals surface area contributed by atoms with Gasteiger partial charge in [-0.2, -0.15) is 0 Å². The number of benzene rings is 1. The summed E-state index contributed by atoms with van der Waals surface area (Å²) in [6.07, 6.45) is 6.47. The molecule has 2 fully saturated rings. The Morgan fingerprint density at radius 3 is 2.28 bits per heavy atom. The molecule has 1 aromatic rings. The van der Waals surface area contributed by atoms with E-state index in [1.165, 1.54) is 30.6 Å². The Balaban J connectivity index is 1.35. The summed E-state index contributed by atoms with van der Waals surface area (Å²) in [5.74, 6) is 0.944. The van der Waals surface area contributed by atoms with E-state index in [1.54, 1.807) is 24.3 Å². The highest BCUT2D eigenvalue weighted by Crippen LogP contribution is 2.36. The SMILES string of the molecule is O=C(CCN1C(=O)c2ccccc2C1=O)N1CC[C@H]2CCCC[C@@H]2C1. The molecule has 5 heteroatoms. The number of carbonyl (C=O) groups excluding carboxylic acids is 3. The molecule has 25 heavy (non-hydrogen) atoms. The van der Waals surface area contributed by atoms with Gasteiger partial charge in [-0.1, -0.05) is 31.4 Å². The monoisotopic (exact) mass is 340 g/mol. The van der Waals surface area contributed by atoms with Crippen LogP contribution in [0.15, 0.2) is 24.3 Å². The van der Waals surface area contributed by atoms with Crippen molar-refractivity contribution in [1.82, 2.24) is 9.80 Å². The highest BCUT2D eigenvalue weighted by molar-refractivity contribution is 6.21. The average Bonchev–Trinajstić information content (AvgIpc) is 2.90. The molecule has 3 amide bonds. The van der Waals surface area contributed by atoms with Gasteiger partial charge in [0.1, 0.15) is 0 Å². The molecule has 0 bridgehead atoms. The maximum Gasteiger partial charge on any atom is 0.261 e. The summed E-state index contributed by atoms with van der Waals surface area (Å²) in [4.78, 5) is 40.5. The van der Waals surface area contributed by atoms with Crippen molar-refractivity contribution < 1.29 is 14.4 Å². The Kier molecular flexibility index (Phi) is 4.32. The first-order chi connectivity index (χ1) is 12.1. The Bertz CT molecular complexity index is 680. The van der Waals surface area contributed by atoms with Crippen LogP contribution in [0.4, 0.5) is 0 Å². The topological polar surface area (TPSA) is 57.7 Å². The van der Waals surface area contributed by atoms with Gasteiger partial charge < -0.3 is 4.90 Å². The van der Waals surface area contributed by atoms with Crippen LogP contribution in [-0.2, 0) is 4.79 Å². The minimum absolute atomic E-state index is 0.0700. The highest BCUT2D eigenvalue weighted by Gasteiger charge is 2.36. The first-order valence-electron chi connectivity index (χ1n) is 9.38. The molecule has 2 heterocycles. The second-order valence-corrected chi connectivity index (χ2v) is 7.49. The lowest BCUT2D eigenvalue weighted by molar-refractivity contribution is -0.134. The van der Waals surface area contributed by atoms with Gasteiger partial charge in [0.05, 0.1) is 11.1 Å². The maximum absolute atomic E-state index is 12.6. The fourth-order valence-electron chi connectivity index (χ4n) is 4.64. The van der Waals surface area contributed by atoms with Gasteiger partial charge in [0.25, 0.3) is 11.8 Å². The molecular weight excluding hydrogens is 316 g/mol. The average molecular weight is 340 g/mol. The molecule has 0 unspecified atom stereocenters. The summed E-state index contributed by atoms with van der Waals surface area (Å²) in [7, 11) is 0. The molecule has 1 aromatic carbocycles. The number of nitrogens with zero attached hydrogens (tertiary/aromatic N) is 2. The van der Waals surface area contributed by atoms with Gasteiger partial charge in [0, 0.05) is 26.1 Å². The van der Waals surface area contributed by atoms with Gasteiger partial charge in [-0.25, -0.2) is 0 Å². The second kappa shape index (κ2) is 6.62. The zero-order chi connectivity index (χ0) is 17.4. The lowest BCUT2D eigenvalue weighted by atomic mass is 9.75. The Morgan fingerprint density at radius 2 is 1.60 bits per heavy atom. The molecule has 1 aliphatic carbocycles. The molecule has 3 aliphatic rings. The molecule has 1 saturated heterocycles. The van der Waals surface area contributed by atoms with E-state index < -0.39 is 0 Å². The Labute approximate surface area is 148 Å². The Morgan fingerprint density at radius 1 is 0.960 bits per heavy atom. The largest absolute Gasteiger partial charge is 0.342 e. The number of amides is 3. The summed E-state index contributed by atoms with van der Waals surface area (Å²) in [5, 5.41) is 0. The number of carbonyl (C=O) groups is 3. The summed E-state index contributed by atoms with van der Waals surface area (Å²) in [6, 6.07) is 6.86. The van der Waals surface area contributed by atoms with Crippen LogP contribution in [0.25, 0.3) is 0 Å². The van der Waals surface area contributed by atoms with Crippen molar-refractivity contribution in [1.29, 1.82) is 0 Å². The standard InChI is InChI=1S/C20H24N2O3/c23-18(21-11-9-14-5-1-2-6-15(14)13-21)10-12-22-19(24)16-7-3-4-8-17(16)20(22)25/h3-4,7-8,14-15H,1-2,5-6,9-13H2/t14-,15-/m1/s1. The number of fused-ring (bicyclic) bond motifs is 2. The lowest BCUT2D eigenvalue weighted by Crippen LogP contribution is -2.45. The maximum atomic E-state index is 12.6. The predicted molar refractivity (Wildman–Crippen MR) is 93.1 cm³/mol. The van der Waals surface area contributed by atoms with E-state index in [0.29, 0.717) is 17.0 Å². The zero-order valence-electron chi connectivity index (χ0n) is 14.4. The van der Waals surface area contributed by atoms with Crippen LogP contribution in [0.5, 0.6) is 0 Å². The molecule has 5 nitrogen and oxygen atoms in total. The van der Waals surface area contributed by atoms with Crippen molar-refractivity contribution in [3.63, 3.8) is 0 Å². The van der Waals surface area contributed by atoms with Crippen molar-refractivity contribution in [2.45, 2.75) is 38.5 Å². The third kappa shape index (κ3) is 2.96. The van der Waals surface area contributed by atoms with Crippen molar-refractivity contribution in [3.8, 4) is 0 Å². The molecule has 4 rings (SSSR count). The molecule has 2 aliphatic heterocycles. The molecule has 1 saturated carbocycles. The molecule has 132 valence electrons. The highest BCUT2D eigenvalue weighted by atomic mass is 16.2. The van der Waals surface area contributed by atoms with Crippen molar-refractivity contribution >= 4 is 17.7 Å². The van der Waals surface area contributed by atoms with Gasteiger partial charge in [-0.3, -0.25) is 19.3 Å². The second-order valence-electron chi connectivity index (χ2n) is 7.49. The normalized spacial score (nSPS) is 25.8. The van der Waals surface area contributed by atoms with Gasteiger partial charge in [-0.05, 0) is 36.8 Å². The first-order valence-corrected chi connectivity index (χ1v) is 9.38. The van der Waals surface area contributed by atoms with E-state index in [0.717, 1.165) is 25.4 Å². The van der Waals surface area contributed by atoms with E-state index >= 15 is 0 Å². The van der Waals surface area contributed by atoms with E-state index in [1.807, 2.05) is 4.90 Å². The molecular formula is C20H24N2O3. The van der Waals surface area contributed by atoms with Crippen LogP contribution >= 0.6 is 0 Å². The number of hydrogen-bond donors (Lipinski definition) is 0. The first kappa shape index (κ1) is 16.3. The van der Waals surface area contributed by atoms with Crippen LogP contribution in [0, 0.1) is 11.8 Å². The predicted octanol–water partition coefficient (Wildman–Crippen LogP) is 2.71. The number of imide groups is 1. The van der Waals surface area contributed by atoms with Gasteiger partial charge >= 0.3 is 0 Å². The van der Waals surface area contributed by atoms with Crippen LogP contribution in [0.2, 0.25) is 0 Å². The Hall–Kier alpha value is -2.17.